The first-order valence-corrected chi connectivity index (χ1v) is 6.85. The smallest absolute Gasteiger partial charge is 0.161 e. The maximum Gasteiger partial charge on any atom is 0.161 e. The second kappa shape index (κ2) is 5.55. The molecule has 3 rings (SSSR count). The number of aliphatic hydroxyl groups is 1. The standard InChI is InChI=1S/C17H18O3/c1-12-6-2-3-7-13(12)10-14(18)17-11-19-15-8-4-5-9-16(15)20-17/h2-9,14,17-18H,10-11H2,1H3. The Morgan fingerprint density at radius 3 is 2.60 bits per heavy atom. The first kappa shape index (κ1) is 13.0. The van der Waals surface area contributed by atoms with E-state index < -0.39 is 6.10 Å². The molecule has 2 atom stereocenters. The predicted octanol–water partition coefficient (Wildman–Crippen LogP) is 2.74. The zero-order valence-electron chi connectivity index (χ0n) is 11.5. The summed E-state index contributed by atoms with van der Waals surface area (Å²) in [6.07, 6.45) is -0.336. The second-order valence-corrected chi connectivity index (χ2v) is 5.11. The van der Waals surface area contributed by atoms with Crippen molar-refractivity contribution in [3.05, 3.63) is 59.7 Å². The topological polar surface area (TPSA) is 38.7 Å². The molecular formula is C17H18O3. The highest BCUT2D eigenvalue weighted by molar-refractivity contribution is 5.40. The molecule has 0 saturated heterocycles. The molecule has 1 N–H and O–H groups in total. The summed E-state index contributed by atoms with van der Waals surface area (Å²) in [4.78, 5) is 0. The molecule has 104 valence electrons. The third kappa shape index (κ3) is 2.63. The van der Waals surface area contributed by atoms with Crippen LogP contribution in [0.2, 0.25) is 0 Å². The van der Waals surface area contributed by atoms with Gasteiger partial charge in [-0.3, -0.25) is 0 Å². The van der Waals surface area contributed by atoms with Crippen LogP contribution in [0.3, 0.4) is 0 Å². The molecule has 2 unspecified atom stereocenters. The molecule has 2 aromatic rings. The third-order valence-corrected chi connectivity index (χ3v) is 3.65. The van der Waals surface area contributed by atoms with Crippen LogP contribution < -0.4 is 9.47 Å². The molecule has 2 aromatic carbocycles. The number of para-hydroxylation sites is 2. The molecule has 0 amide bonds. The van der Waals surface area contributed by atoms with E-state index in [4.69, 9.17) is 9.47 Å². The van der Waals surface area contributed by atoms with Crippen molar-refractivity contribution in [2.45, 2.75) is 25.6 Å². The Morgan fingerprint density at radius 2 is 1.80 bits per heavy atom. The Bertz CT molecular complexity index is 594. The van der Waals surface area contributed by atoms with Gasteiger partial charge in [-0.15, -0.1) is 0 Å². The van der Waals surface area contributed by atoms with Gasteiger partial charge in [-0.1, -0.05) is 36.4 Å². The first-order valence-electron chi connectivity index (χ1n) is 6.85. The lowest BCUT2D eigenvalue weighted by molar-refractivity contribution is -0.00947. The van der Waals surface area contributed by atoms with Crippen LogP contribution in [-0.2, 0) is 6.42 Å². The number of aryl methyl sites for hydroxylation is 1. The van der Waals surface area contributed by atoms with E-state index in [1.807, 2.05) is 42.5 Å². The van der Waals surface area contributed by atoms with Crippen molar-refractivity contribution in [2.75, 3.05) is 6.61 Å². The number of fused-ring (bicyclic) bond motifs is 1. The van der Waals surface area contributed by atoms with Crippen molar-refractivity contribution in [3.8, 4) is 11.5 Å². The van der Waals surface area contributed by atoms with Crippen LogP contribution in [0.15, 0.2) is 48.5 Å². The average Bonchev–Trinajstić information content (AvgIpc) is 2.49. The minimum Gasteiger partial charge on any atom is -0.486 e. The summed E-state index contributed by atoms with van der Waals surface area (Å²) < 4.78 is 11.5. The number of ether oxygens (including phenoxy) is 2. The van der Waals surface area contributed by atoms with E-state index in [-0.39, 0.29) is 6.10 Å². The summed E-state index contributed by atoms with van der Waals surface area (Å²) in [6, 6.07) is 15.6. The fraction of sp³-hybridized carbons (Fsp3) is 0.294. The number of hydrogen-bond donors (Lipinski definition) is 1. The average molecular weight is 270 g/mol. The molecule has 0 radical (unpaired) electrons. The fourth-order valence-electron chi connectivity index (χ4n) is 2.42. The Morgan fingerprint density at radius 1 is 1.10 bits per heavy atom. The van der Waals surface area contributed by atoms with Gasteiger partial charge in [0.15, 0.2) is 17.6 Å². The molecule has 1 heterocycles. The molecule has 0 saturated carbocycles. The summed E-state index contributed by atoms with van der Waals surface area (Å²) in [5, 5.41) is 10.4. The fourth-order valence-corrected chi connectivity index (χ4v) is 2.42. The molecular weight excluding hydrogens is 252 g/mol. The lowest BCUT2D eigenvalue weighted by Gasteiger charge is -2.29. The maximum atomic E-state index is 10.4. The summed E-state index contributed by atoms with van der Waals surface area (Å²) in [7, 11) is 0. The maximum absolute atomic E-state index is 10.4. The molecule has 0 aromatic heterocycles. The minimum atomic E-state index is -0.579. The Labute approximate surface area is 118 Å². The van der Waals surface area contributed by atoms with Gasteiger partial charge in [0.25, 0.3) is 0 Å². The Kier molecular flexibility index (Phi) is 3.61. The van der Waals surface area contributed by atoms with Crippen molar-refractivity contribution in [1.29, 1.82) is 0 Å². The SMILES string of the molecule is Cc1ccccc1CC(O)C1COc2ccccc2O1. The van der Waals surface area contributed by atoms with Crippen molar-refractivity contribution < 1.29 is 14.6 Å². The predicted molar refractivity (Wildman–Crippen MR) is 77.2 cm³/mol. The van der Waals surface area contributed by atoms with Crippen molar-refractivity contribution in [2.24, 2.45) is 0 Å². The van der Waals surface area contributed by atoms with E-state index in [0.717, 1.165) is 11.3 Å². The van der Waals surface area contributed by atoms with E-state index >= 15 is 0 Å². The van der Waals surface area contributed by atoms with Crippen molar-refractivity contribution in [3.63, 3.8) is 0 Å². The number of hydrogen-bond acceptors (Lipinski definition) is 3. The van der Waals surface area contributed by atoms with E-state index in [1.165, 1.54) is 5.56 Å². The first-order chi connectivity index (χ1) is 9.74. The minimum absolute atomic E-state index is 0.329. The van der Waals surface area contributed by atoms with E-state index in [2.05, 4.69) is 13.0 Å². The van der Waals surface area contributed by atoms with Gasteiger partial charge in [0.05, 0.1) is 6.10 Å². The van der Waals surface area contributed by atoms with Crippen molar-refractivity contribution >= 4 is 0 Å². The van der Waals surface area contributed by atoms with Crippen LogP contribution in [0.5, 0.6) is 11.5 Å². The van der Waals surface area contributed by atoms with Gasteiger partial charge >= 0.3 is 0 Å². The number of aliphatic hydroxyl groups excluding tert-OH is 1. The molecule has 0 aliphatic carbocycles. The van der Waals surface area contributed by atoms with Gasteiger partial charge in [-0.25, -0.2) is 0 Å². The monoisotopic (exact) mass is 270 g/mol. The Balaban J connectivity index is 1.70. The lowest BCUT2D eigenvalue weighted by atomic mass is 9.99. The molecule has 0 bridgehead atoms. The van der Waals surface area contributed by atoms with Crippen LogP contribution >= 0.6 is 0 Å². The number of benzene rings is 2. The highest BCUT2D eigenvalue weighted by atomic mass is 16.6. The highest BCUT2D eigenvalue weighted by Gasteiger charge is 2.27. The van der Waals surface area contributed by atoms with Crippen LogP contribution in [0.4, 0.5) is 0 Å². The van der Waals surface area contributed by atoms with Crippen LogP contribution in [0.1, 0.15) is 11.1 Å². The van der Waals surface area contributed by atoms with E-state index in [1.54, 1.807) is 0 Å². The van der Waals surface area contributed by atoms with Gasteiger partial charge in [0.2, 0.25) is 0 Å². The van der Waals surface area contributed by atoms with E-state index in [0.29, 0.717) is 18.8 Å². The van der Waals surface area contributed by atoms with Gasteiger partial charge in [-0.05, 0) is 30.2 Å². The third-order valence-electron chi connectivity index (χ3n) is 3.65. The number of rotatable bonds is 3. The van der Waals surface area contributed by atoms with Gasteiger partial charge in [-0.2, -0.15) is 0 Å². The normalized spacial score (nSPS) is 18.6. The molecule has 0 spiro atoms. The quantitative estimate of drug-likeness (QED) is 0.932. The molecule has 1 aliphatic rings. The zero-order chi connectivity index (χ0) is 13.9. The van der Waals surface area contributed by atoms with Gasteiger partial charge in [0, 0.05) is 6.42 Å². The lowest BCUT2D eigenvalue weighted by Crippen LogP contribution is -2.40. The summed E-state index contributed by atoms with van der Waals surface area (Å²) in [5.41, 5.74) is 2.33. The molecule has 1 aliphatic heterocycles. The second-order valence-electron chi connectivity index (χ2n) is 5.11. The van der Waals surface area contributed by atoms with Crippen LogP contribution in [0.25, 0.3) is 0 Å². The highest BCUT2D eigenvalue weighted by Crippen LogP contribution is 2.32. The molecule has 3 nitrogen and oxygen atoms in total. The molecule has 3 heteroatoms. The molecule has 20 heavy (non-hydrogen) atoms. The van der Waals surface area contributed by atoms with E-state index in [9.17, 15) is 5.11 Å². The Hall–Kier alpha value is -2.00. The summed E-state index contributed by atoms with van der Waals surface area (Å²) in [6.45, 7) is 2.43. The summed E-state index contributed by atoms with van der Waals surface area (Å²) >= 11 is 0. The summed E-state index contributed by atoms with van der Waals surface area (Å²) in [5.74, 6) is 1.44. The largest absolute Gasteiger partial charge is 0.486 e. The zero-order valence-corrected chi connectivity index (χ0v) is 11.5. The van der Waals surface area contributed by atoms with Crippen LogP contribution in [0, 0.1) is 6.92 Å². The van der Waals surface area contributed by atoms with Crippen LogP contribution in [-0.4, -0.2) is 23.9 Å². The van der Waals surface area contributed by atoms with Gasteiger partial charge in [0.1, 0.15) is 6.61 Å². The van der Waals surface area contributed by atoms with Gasteiger partial charge < -0.3 is 14.6 Å². The molecule has 0 fully saturated rings. The van der Waals surface area contributed by atoms with Crippen molar-refractivity contribution in [1.82, 2.24) is 0 Å².